The number of ether oxygens (including phenoxy) is 3. The number of morpholine rings is 1. The average molecular weight is 486 g/mol. The van der Waals surface area contributed by atoms with Crippen LogP contribution >= 0.6 is 12.2 Å². The van der Waals surface area contributed by atoms with Crippen molar-refractivity contribution in [3.63, 3.8) is 0 Å². The molecular weight excluding hydrogens is 454 g/mol. The molecule has 0 unspecified atom stereocenters. The minimum atomic E-state index is 0.242. The molecule has 2 aliphatic heterocycles. The van der Waals surface area contributed by atoms with Gasteiger partial charge in [-0.1, -0.05) is 6.07 Å². The quantitative estimate of drug-likeness (QED) is 0.233. The molecule has 1 aromatic heterocycles. The Morgan fingerprint density at radius 2 is 1.85 bits per heavy atom. The van der Waals surface area contributed by atoms with Gasteiger partial charge in [0.25, 0.3) is 0 Å². The van der Waals surface area contributed by atoms with Gasteiger partial charge in [0.05, 0.1) is 19.8 Å². The van der Waals surface area contributed by atoms with E-state index in [1.807, 2.05) is 38.1 Å². The van der Waals surface area contributed by atoms with Crippen LogP contribution in [-0.4, -0.2) is 72.1 Å². The third-order valence-corrected chi connectivity index (χ3v) is 5.59. The second-order valence-electron chi connectivity index (χ2n) is 8.14. The molecular formula is C23H31N7O3S. The van der Waals surface area contributed by atoms with Crippen molar-refractivity contribution in [3.05, 3.63) is 41.2 Å². The van der Waals surface area contributed by atoms with E-state index in [0.717, 1.165) is 74.3 Å². The van der Waals surface area contributed by atoms with E-state index in [2.05, 4.69) is 35.8 Å². The first-order valence-electron chi connectivity index (χ1n) is 11.4. The molecule has 34 heavy (non-hydrogen) atoms. The van der Waals surface area contributed by atoms with Crippen LogP contribution in [0.15, 0.2) is 29.3 Å². The molecule has 0 amide bonds. The Labute approximate surface area is 205 Å². The summed E-state index contributed by atoms with van der Waals surface area (Å²) >= 11 is 5.51. The Balaban J connectivity index is 1.36. The van der Waals surface area contributed by atoms with E-state index >= 15 is 0 Å². The van der Waals surface area contributed by atoms with Gasteiger partial charge in [0.2, 0.25) is 18.7 Å². The van der Waals surface area contributed by atoms with E-state index < -0.39 is 0 Å². The summed E-state index contributed by atoms with van der Waals surface area (Å²) in [6.07, 6.45) is 0.985. The van der Waals surface area contributed by atoms with Crippen molar-refractivity contribution in [2.45, 2.75) is 26.8 Å². The lowest BCUT2D eigenvalue weighted by atomic mass is 10.2. The predicted molar refractivity (Wildman–Crippen MR) is 134 cm³/mol. The fourth-order valence-corrected chi connectivity index (χ4v) is 3.89. The molecule has 182 valence electrons. The van der Waals surface area contributed by atoms with Gasteiger partial charge in [0, 0.05) is 31.0 Å². The molecule has 1 saturated heterocycles. The molecule has 0 aliphatic carbocycles. The molecule has 3 N–H and O–H groups in total. The zero-order valence-corrected chi connectivity index (χ0v) is 20.4. The van der Waals surface area contributed by atoms with Crippen molar-refractivity contribution in [1.29, 1.82) is 0 Å². The predicted octanol–water partition coefficient (Wildman–Crippen LogP) is 1.98. The molecule has 0 bridgehead atoms. The molecule has 1 fully saturated rings. The van der Waals surface area contributed by atoms with E-state index in [-0.39, 0.29) is 6.79 Å². The van der Waals surface area contributed by atoms with Crippen molar-refractivity contribution in [1.82, 2.24) is 25.5 Å². The first kappa shape index (κ1) is 24.1. The molecule has 10 nitrogen and oxygen atoms in total. The van der Waals surface area contributed by atoms with E-state index in [1.165, 1.54) is 0 Å². The summed E-state index contributed by atoms with van der Waals surface area (Å²) in [5.74, 6) is 2.40. The lowest BCUT2D eigenvalue weighted by molar-refractivity contribution is 0.0376. The van der Waals surface area contributed by atoms with E-state index in [4.69, 9.17) is 26.4 Å². The van der Waals surface area contributed by atoms with Crippen molar-refractivity contribution >= 4 is 29.2 Å². The number of hydrogen-bond acceptors (Lipinski definition) is 8. The summed E-state index contributed by atoms with van der Waals surface area (Å²) in [6.45, 7) is 9.87. The highest BCUT2D eigenvalue weighted by Gasteiger charge is 2.14. The molecule has 4 rings (SSSR count). The van der Waals surface area contributed by atoms with E-state index in [1.54, 1.807) is 0 Å². The number of rotatable bonds is 7. The molecule has 0 spiro atoms. The molecule has 1 aromatic carbocycles. The number of aryl methyl sites for hydroxylation is 2. The maximum absolute atomic E-state index is 5.51. The summed E-state index contributed by atoms with van der Waals surface area (Å²) in [6, 6.07) is 7.70. The van der Waals surface area contributed by atoms with Gasteiger partial charge in [0.15, 0.2) is 16.6 Å². The maximum Gasteiger partial charge on any atom is 0.231 e. The summed E-state index contributed by atoms with van der Waals surface area (Å²) in [5.41, 5.74) is 2.72. The van der Waals surface area contributed by atoms with E-state index in [9.17, 15) is 0 Å². The second kappa shape index (κ2) is 11.9. The van der Waals surface area contributed by atoms with Crippen LogP contribution < -0.4 is 25.4 Å². The normalized spacial score (nSPS) is 15.8. The summed E-state index contributed by atoms with van der Waals surface area (Å²) < 4.78 is 16.2. The first-order chi connectivity index (χ1) is 16.5. The fourth-order valence-electron chi connectivity index (χ4n) is 3.69. The monoisotopic (exact) mass is 485 g/mol. The molecule has 0 saturated carbocycles. The Bertz CT molecular complexity index is 1010. The summed E-state index contributed by atoms with van der Waals surface area (Å²) in [4.78, 5) is 16.0. The van der Waals surface area contributed by atoms with Gasteiger partial charge in [-0.25, -0.2) is 15.0 Å². The van der Waals surface area contributed by atoms with E-state index in [0.29, 0.717) is 23.6 Å². The van der Waals surface area contributed by atoms with Gasteiger partial charge in [-0.2, -0.15) is 0 Å². The van der Waals surface area contributed by atoms with Crippen molar-refractivity contribution in [2.24, 2.45) is 4.99 Å². The number of anilines is 1. The Hall–Kier alpha value is -3.02. The Kier molecular flexibility index (Phi) is 8.45. The van der Waals surface area contributed by atoms with Gasteiger partial charge in [0.1, 0.15) is 0 Å². The maximum atomic E-state index is 5.51. The Morgan fingerprint density at radius 3 is 2.65 bits per heavy atom. The Morgan fingerprint density at radius 1 is 1.09 bits per heavy atom. The average Bonchev–Trinajstić information content (AvgIpc) is 3.28. The number of guanidine groups is 1. The van der Waals surface area contributed by atoms with Crippen LogP contribution in [0.2, 0.25) is 0 Å². The number of benzene rings is 1. The zero-order chi connectivity index (χ0) is 23.8. The highest BCUT2D eigenvalue weighted by Crippen LogP contribution is 2.32. The minimum absolute atomic E-state index is 0.242. The number of aliphatic imine (C=N–C) groups is 1. The van der Waals surface area contributed by atoms with Crippen molar-refractivity contribution in [2.75, 3.05) is 51.5 Å². The summed E-state index contributed by atoms with van der Waals surface area (Å²) in [7, 11) is 0. The summed E-state index contributed by atoms with van der Waals surface area (Å²) in [5, 5.41) is 10.1. The highest BCUT2D eigenvalue weighted by atomic mass is 32.1. The third kappa shape index (κ3) is 7.24. The van der Waals surface area contributed by atoms with Crippen LogP contribution in [0, 0.1) is 13.8 Å². The first-order valence-corrected chi connectivity index (χ1v) is 11.8. The topological polar surface area (TPSA) is 105 Å². The zero-order valence-electron chi connectivity index (χ0n) is 19.6. The largest absolute Gasteiger partial charge is 0.454 e. The van der Waals surface area contributed by atoms with Crippen LogP contribution in [-0.2, 0) is 11.3 Å². The van der Waals surface area contributed by atoms with Crippen molar-refractivity contribution in [3.8, 4) is 11.5 Å². The van der Waals surface area contributed by atoms with Crippen LogP contribution in [0.4, 0.5) is 5.95 Å². The second-order valence-corrected chi connectivity index (χ2v) is 8.55. The van der Waals surface area contributed by atoms with Gasteiger partial charge in [-0.3, -0.25) is 10.2 Å². The lowest BCUT2D eigenvalue weighted by Crippen LogP contribution is -2.44. The molecule has 3 heterocycles. The number of aromatic nitrogens is 2. The standard InChI is InChI=1S/C23H31N7O3S/c1-16-12-17(2)27-22(26-16)28-21(25-14-18-4-5-19-20(13-18)33-15-32-19)29-23(34)24-6-3-7-30-8-10-31-11-9-30/h4-5,12-13H,3,6-11,14-15H2,1-2H3,(H3,24,25,26,27,28,29,34). The molecule has 11 heteroatoms. The molecule has 2 aromatic rings. The lowest BCUT2D eigenvalue weighted by Gasteiger charge is -2.26. The minimum Gasteiger partial charge on any atom is -0.454 e. The number of thiocarbonyl (C=S) groups is 1. The number of hydrogen-bond donors (Lipinski definition) is 3. The third-order valence-electron chi connectivity index (χ3n) is 5.34. The van der Waals surface area contributed by atoms with Crippen molar-refractivity contribution < 1.29 is 14.2 Å². The highest BCUT2D eigenvalue weighted by molar-refractivity contribution is 7.80. The molecule has 0 atom stereocenters. The van der Waals surface area contributed by atoms with Gasteiger partial charge >= 0.3 is 0 Å². The molecule has 2 aliphatic rings. The van der Waals surface area contributed by atoms with Gasteiger partial charge in [-0.05, 0) is 62.8 Å². The van der Waals surface area contributed by atoms with Crippen LogP contribution in [0.3, 0.4) is 0 Å². The fraction of sp³-hybridized carbons (Fsp3) is 0.478. The van der Waals surface area contributed by atoms with Gasteiger partial charge in [-0.15, -0.1) is 0 Å². The van der Waals surface area contributed by atoms with Crippen LogP contribution in [0.5, 0.6) is 11.5 Å². The SMILES string of the molecule is Cc1cc(C)nc(NC(=NCc2ccc3c(c2)OCO3)NC(=S)NCCCN2CCOCC2)n1. The van der Waals surface area contributed by atoms with Gasteiger partial charge < -0.3 is 24.8 Å². The van der Waals surface area contributed by atoms with Crippen LogP contribution in [0.25, 0.3) is 0 Å². The smallest absolute Gasteiger partial charge is 0.231 e. The number of nitrogens with one attached hydrogen (secondary N) is 3. The number of nitrogens with zero attached hydrogens (tertiary/aromatic N) is 4. The number of fused-ring (bicyclic) bond motifs is 1. The molecule has 0 radical (unpaired) electrons. The van der Waals surface area contributed by atoms with Crippen LogP contribution in [0.1, 0.15) is 23.4 Å².